The van der Waals surface area contributed by atoms with E-state index in [0.717, 1.165) is 71.3 Å². The molecule has 5 nitrogen and oxygen atoms in total. The van der Waals surface area contributed by atoms with Crippen LogP contribution in [-0.4, -0.2) is 74.3 Å². The second-order valence-corrected chi connectivity index (χ2v) is 8.37. The Morgan fingerprint density at radius 2 is 1.89 bits per heavy atom. The topological polar surface area (TPSA) is 40.1 Å². The molecular formula is C20H32FIN4OS. The quantitative estimate of drug-likeness (QED) is 0.365. The van der Waals surface area contributed by atoms with Gasteiger partial charge in [0.1, 0.15) is 5.82 Å². The van der Waals surface area contributed by atoms with Crippen LogP contribution in [0.5, 0.6) is 0 Å². The summed E-state index contributed by atoms with van der Waals surface area (Å²) in [5.74, 6) is 0.832. The lowest BCUT2D eigenvalue weighted by atomic mass is 9.99. The molecule has 0 atom stereocenters. The Kier molecular flexibility index (Phi) is 9.62. The number of para-hydroxylation sites is 1. The van der Waals surface area contributed by atoms with Gasteiger partial charge in [-0.3, -0.25) is 4.99 Å². The molecule has 0 saturated carbocycles. The van der Waals surface area contributed by atoms with Gasteiger partial charge in [-0.2, -0.15) is 11.8 Å². The average Bonchev–Trinajstić information content (AvgIpc) is 2.72. The molecule has 0 radical (unpaired) electrons. The summed E-state index contributed by atoms with van der Waals surface area (Å²) in [6, 6.07) is 7.02. The number of hydrogen-bond donors (Lipinski definition) is 1. The van der Waals surface area contributed by atoms with Crippen LogP contribution in [-0.2, 0) is 4.74 Å². The third-order valence-corrected chi connectivity index (χ3v) is 6.86. The molecule has 2 aliphatic heterocycles. The number of anilines is 1. The lowest BCUT2D eigenvalue weighted by molar-refractivity contribution is 0.0793. The number of ether oxygens (including phenoxy) is 1. The Bertz CT molecular complexity index is 634. The van der Waals surface area contributed by atoms with Gasteiger partial charge in [-0.25, -0.2) is 4.39 Å². The molecule has 0 spiro atoms. The number of aliphatic imine (C=N–C) groups is 1. The van der Waals surface area contributed by atoms with E-state index in [-0.39, 0.29) is 34.5 Å². The summed E-state index contributed by atoms with van der Waals surface area (Å²) in [7, 11) is 0. The molecule has 0 aromatic heterocycles. The second-order valence-electron chi connectivity index (χ2n) is 7.10. The third kappa shape index (κ3) is 5.89. The van der Waals surface area contributed by atoms with Crippen molar-refractivity contribution in [3.05, 3.63) is 30.1 Å². The van der Waals surface area contributed by atoms with E-state index in [1.165, 1.54) is 6.07 Å². The molecule has 3 rings (SSSR count). The lowest BCUT2D eigenvalue weighted by Gasteiger charge is -2.39. The number of halogens is 2. The number of guanidine groups is 1. The van der Waals surface area contributed by atoms with Crippen molar-refractivity contribution in [3.8, 4) is 0 Å². The maximum Gasteiger partial charge on any atom is 0.194 e. The van der Waals surface area contributed by atoms with Gasteiger partial charge in [0.05, 0.1) is 12.2 Å². The summed E-state index contributed by atoms with van der Waals surface area (Å²) >= 11 is 1.92. The summed E-state index contributed by atoms with van der Waals surface area (Å²) in [6.45, 7) is 8.70. The second kappa shape index (κ2) is 11.4. The van der Waals surface area contributed by atoms with Crippen molar-refractivity contribution in [2.24, 2.45) is 4.99 Å². The summed E-state index contributed by atoms with van der Waals surface area (Å²) in [4.78, 5) is 9.40. The highest BCUT2D eigenvalue weighted by Crippen LogP contribution is 2.34. The van der Waals surface area contributed by atoms with Gasteiger partial charge in [0.2, 0.25) is 0 Å². The summed E-state index contributed by atoms with van der Waals surface area (Å²) in [5.41, 5.74) is 0.697. The standard InChI is InChI=1S/C20H31FN4OS.HI/c1-3-22-19(23-16-20(27-2)8-14-26-15-9-20)25-12-10-24(11-13-25)18-7-5-4-6-17(18)21;/h4-7H,3,8-16H2,1-2H3,(H,22,23);1H. The fraction of sp³-hybridized carbons (Fsp3) is 0.650. The normalized spacial score (nSPS) is 19.9. The van der Waals surface area contributed by atoms with Gasteiger partial charge in [-0.15, -0.1) is 24.0 Å². The first-order valence-corrected chi connectivity index (χ1v) is 11.1. The number of hydrogen-bond acceptors (Lipinski definition) is 4. The van der Waals surface area contributed by atoms with Crippen LogP contribution in [0.25, 0.3) is 0 Å². The van der Waals surface area contributed by atoms with Crippen molar-refractivity contribution in [2.45, 2.75) is 24.5 Å². The van der Waals surface area contributed by atoms with Crippen LogP contribution >= 0.6 is 35.7 Å². The largest absolute Gasteiger partial charge is 0.381 e. The van der Waals surface area contributed by atoms with Crippen LogP contribution in [0.1, 0.15) is 19.8 Å². The smallest absolute Gasteiger partial charge is 0.194 e. The summed E-state index contributed by atoms with van der Waals surface area (Å²) in [5, 5.41) is 3.44. The van der Waals surface area contributed by atoms with Gasteiger partial charge in [0.25, 0.3) is 0 Å². The molecule has 0 aliphatic carbocycles. The van der Waals surface area contributed by atoms with Crippen LogP contribution in [0.3, 0.4) is 0 Å². The average molecular weight is 522 g/mol. The zero-order chi connectivity index (χ0) is 19.1. The van der Waals surface area contributed by atoms with Crippen molar-refractivity contribution in [1.29, 1.82) is 0 Å². The molecule has 1 aromatic carbocycles. The van der Waals surface area contributed by atoms with E-state index in [4.69, 9.17) is 9.73 Å². The molecule has 2 heterocycles. The lowest BCUT2D eigenvalue weighted by Crippen LogP contribution is -2.53. The predicted molar refractivity (Wildman–Crippen MR) is 128 cm³/mol. The van der Waals surface area contributed by atoms with Gasteiger partial charge < -0.3 is 19.9 Å². The predicted octanol–water partition coefficient (Wildman–Crippen LogP) is 3.44. The van der Waals surface area contributed by atoms with Gasteiger partial charge in [0.15, 0.2) is 5.96 Å². The Labute approximate surface area is 189 Å². The molecule has 8 heteroatoms. The maximum atomic E-state index is 14.1. The highest BCUT2D eigenvalue weighted by molar-refractivity contribution is 14.0. The van der Waals surface area contributed by atoms with Crippen LogP contribution in [0.4, 0.5) is 10.1 Å². The zero-order valence-corrected chi connectivity index (χ0v) is 20.0. The number of nitrogens with one attached hydrogen (secondary N) is 1. The van der Waals surface area contributed by atoms with Crippen molar-refractivity contribution < 1.29 is 9.13 Å². The van der Waals surface area contributed by atoms with E-state index >= 15 is 0 Å². The highest BCUT2D eigenvalue weighted by Gasteiger charge is 2.32. The Morgan fingerprint density at radius 3 is 2.50 bits per heavy atom. The minimum Gasteiger partial charge on any atom is -0.381 e. The van der Waals surface area contributed by atoms with E-state index in [9.17, 15) is 4.39 Å². The molecule has 0 amide bonds. The molecule has 1 aromatic rings. The first kappa shape index (κ1) is 23.5. The minimum atomic E-state index is -0.145. The summed E-state index contributed by atoms with van der Waals surface area (Å²) < 4.78 is 19.8. The molecule has 2 fully saturated rings. The molecule has 28 heavy (non-hydrogen) atoms. The van der Waals surface area contributed by atoms with Crippen molar-refractivity contribution in [2.75, 3.05) is 63.6 Å². The van der Waals surface area contributed by atoms with E-state index in [1.54, 1.807) is 6.07 Å². The van der Waals surface area contributed by atoms with Crippen LogP contribution < -0.4 is 10.2 Å². The Morgan fingerprint density at radius 1 is 1.21 bits per heavy atom. The molecule has 1 N–H and O–H groups in total. The maximum absolute atomic E-state index is 14.1. The number of thioether (sulfide) groups is 1. The number of rotatable bonds is 5. The monoisotopic (exact) mass is 522 g/mol. The van der Waals surface area contributed by atoms with Gasteiger partial charge >= 0.3 is 0 Å². The van der Waals surface area contributed by atoms with Crippen molar-refractivity contribution in [3.63, 3.8) is 0 Å². The zero-order valence-electron chi connectivity index (χ0n) is 16.8. The molecule has 2 aliphatic rings. The Hall–Kier alpha value is -0.740. The fourth-order valence-corrected chi connectivity index (χ4v) is 4.45. The Balaban J connectivity index is 0.00000280. The number of piperazine rings is 1. The van der Waals surface area contributed by atoms with E-state index in [2.05, 4.69) is 28.3 Å². The van der Waals surface area contributed by atoms with Gasteiger partial charge in [-0.1, -0.05) is 12.1 Å². The number of benzene rings is 1. The molecule has 2 saturated heterocycles. The van der Waals surface area contributed by atoms with Gasteiger partial charge in [0, 0.05) is 50.7 Å². The molecular weight excluding hydrogens is 490 g/mol. The van der Waals surface area contributed by atoms with E-state index in [1.807, 2.05) is 23.9 Å². The number of nitrogens with zero attached hydrogens (tertiary/aromatic N) is 3. The molecule has 0 unspecified atom stereocenters. The van der Waals surface area contributed by atoms with E-state index < -0.39 is 0 Å². The van der Waals surface area contributed by atoms with Crippen molar-refractivity contribution in [1.82, 2.24) is 10.2 Å². The minimum absolute atomic E-state index is 0. The fourth-order valence-electron chi connectivity index (χ4n) is 3.68. The highest BCUT2D eigenvalue weighted by atomic mass is 127. The molecule has 0 bridgehead atoms. The van der Waals surface area contributed by atoms with Crippen molar-refractivity contribution >= 4 is 47.4 Å². The van der Waals surface area contributed by atoms with Crippen LogP contribution in [0.15, 0.2) is 29.3 Å². The van der Waals surface area contributed by atoms with E-state index in [0.29, 0.717) is 5.69 Å². The van der Waals surface area contributed by atoms with Gasteiger partial charge in [-0.05, 0) is 38.2 Å². The first-order chi connectivity index (χ1) is 13.2. The van der Waals surface area contributed by atoms with Crippen LogP contribution in [0.2, 0.25) is 0 Å². The SMILES string of the molecule is CCNC(=NCC1(SC)CCOCC1)N1CCN(c2ccccc2F)CC1.I. The first-order valence-electron chi connectivity index (χ1n) is 9.83. The summed E-state index contributed by atoms with van der Waals surface area (Å²) in [6.07, 6.45) is 4.29. The third-order valence-electron chi connectivity index (χ3n) is 5.46. The molecule has 158 valence electrons. The van der Waals surface area contributed by atoms with Crippen LogP contribution in [0, 0.1) is 5.82 Å².